The number of pyridine rings is 1. The third-order valence-corrected chi connectivity index (χ3v) is 6.09. The van der Waals surface area contributed by atoms with Gasteiger partial charge in [0.1, 0.15) is 6.23 Å². The van der Waals surface area contributed by atoms with Gasteiger partial charge in [-0.05, 0) is 25.7 Å². The van der Waals surface area contributed by atoms with Crippen LogP contribution in [0.5, 0.6) is 0 Å². The van der Waals surface area contributed by atoms with E-state index in [-0.39, 0.29) is 24.3 Å². The highest BCUT2D eigenvalue weighted by Crippen LogP contribution is 2.40. The molecule has 2 saturated carbocycles. The predicted molar refractivity (Wildman–Crippen MR) is 99.7 cm³/mol. The zero-order valence-corrected chi connectivity index (χ0v) is 15.7. The average molecular weight is 408 g/mol. The lowest BCUT2D eigenvalue weighted by molar-refractivity contribution is -0.0555. The number of alkyl halides is 2. The first-order valence-electron chi connectivity index (χ1n) is 9.93. The Balaban J connectivity index is 1.54. The van der Waals surface area contributed by atoms with E-state index in [1.165, 1.54) is 0 Å². The molecule has 0 radical (unpaired) electrons. The van der Waals surface area contributed by atoms with E-state index in [1.54, 1.807) is 6.20 Å². The number of hydrogen-bond donors (Lipinski definition) is 4. The number of halogens is 3. The van der Waals surface area contributed by atoms with Crippen molar-refractivity contribution >= 4 is 5.82 Å². The molecule has 1 aliphatic heterocycles. The summed E-state index contributed by atoms with van der Waals surface area (Å²) in [5.74, 6) is -3.77. The third kappa shape index (κ3) is 3.19. The van der Waals surface area contributed by atoms with Crippen LogP contribution in [0.2, 0.25) is 0 Å². The fraction of sp³-hybridized carbons (Fsp3) is 0.579. The first kappa shape index (κ1) is 18.8. The van der Waals surface area contributed by atoms with Gasteiger partial charge in [0, 0.05) is 41.9 Å². The summed E-state index contributed by atoms with van der Waals surface area (Å²) in [6.07, 6.45) is 4.95. The van der Waals surface area contributed by atoms with Gasteiger partial charge in [-0.15, -0.1) is 0 Å². The van der Waals surface area contributed by atoms with Crippen molar-refractivity contribution in [3.05, 3.63) is 29.3 Å². The van der Waals surface area contributed by atoms with Crippen molar-refractivity contribution in [2.24, 2.45) is 5.73 Å². The number of fused-ring (bicyclic) bond motifs is 1. The number of anilines is 1. The van der Waals surface area contributed by atoms with E-state index in [4.69, 9.17) is 5.73 Å². The number of nitrogens with zero attached hydrogens (tertiary/aromatic N) is 3. The van der Waals surface area contributed by atoms with Crippen molar-refractivity contribution < 1.29 is 18.3 Å². The fourth-order valence-corrected chi connectivity index (χ4v) is 4.24. The molecule has 2 unspecified atom stereocenters. The molecule has 3 aliphatic rings. The lowest BCUT2D eigenvalue weighted by Crippen LogP contribution is -2.55. The number of hydrogen-bond acceptors (Lipinski definition) is 6. The number of rotatable bonds is 4. The van der Waals surface area contributed by atoms with Crippen LogP contribution < -0.4 is 16.4 Å². The molecule has 0 amide bonds. The minimum absolute atomic E-state index is 0.119. The molecule has 3 heterocycles. The normalized spacial score (nSPS) is 28.4. The number of aliphatic hydroxyl groups is 1. The quantitative estimate of drug-likeness (QED) is 0.620. The number of nitrogens with two attached hydrogens (primary N) is 1. The minimum Gasteiger partial charge on any atom is -0.374 e. The minimum atomic E-state index is -3.00. The van der Waals surface area contributed by atoms with E-state index in [0.29, 0.717) is 35.7 Å². The third-order valence-electron chi connectivity index (χ3n) is 6.09. The number of aromatic nitrogens is 3. The van der Waals surface area contributed by atoms with Crippen molar-refractivity contribution in [2.75, 3.05) is 5.32 Å². The molecule has 2 aromatic rings. The summed E-state index contributed by atoms with van der Waals surface area (Å²) in [6, 6.07) is -1.85. The summed E-state index contributed by atoms with van der Waals surface area (Å²) < 4.78 is 45.0. The molecule has 5 rings (SSSR count). The second-order valence-corrected chi connectivity index (χ2v) is 8.17. The number of nitrogens with one attached hydrogen (secondary N) is 2. The van der Waals surface area contributed by atoms with Crippen LogP contribution in [0.1, 0.15) is 55.5 Å². The Morgan fingerprint density at radius 3 is 2.86 bits per heavy atom. The first-order chi connectivity index (χ1) is 13.8. The summed E-state index contributed by atoms with van der Waals surface area (Å²) in [7, 11) is 0. The second kappa shape index (κ2) is 6.68. The SMILES string of the molecule is N[C@@H]1C(Nc2nc(-c3cnn(C4CC4)c3)c3c(c2F)CNC3O)CCCC1(F)F. The molecule has 3 atom stereocenters. The van der Waals surface area contributed by atoms with Gasteiger partial charge >= 0.3 is 0 Å². The van der Waals surface area contributed by atoms with Crippen molar-refractivity contribution in [1.29, 1.82) is 0 Å². The van der Waals surface area contributed by atoms with E-state index in [2.05, 4.69) is 20.7 Å². The predicted octanol–water partition coefficient (Wildman–Crippen LogP) is 2.44. The van der Waals surface area contributed by atoms with Gasteiger partial charge in [-0.1, -0.05) is 0 Å². The highest BCUT2D eigenvalue weighted by atomic mass is 19.3. The molecule has 7 nitrogen and oxygen atoms in total. The molecule has 0 aromatic carbocycles. The first-order valence-corrected chi connectivity index (χ1v) is 9.93. The van der Waals surface area contributed by atoms with E-state index in [0.717, 1.165) is 12.8 Å². The smallest absolute Gasteiger partial charge is 0.264 e. The molecule has 0 spiro atoms. The average Bonchev–Trinajstić information content (AvgIpc) is 3.28. The van der Waals surface area contributed by atoms with Crippen molar-refractivity contribution in [3.8, 4) is 11.3 Å². The Morgan fingerprint density at radius 1 is 1.31 bits per heavy atom. The zero-order valence-electron chi connectivity index (χ0n) is 15.7. The molecule has 5 N–H and O–H groups in total. The van der Waals surface area contributed by atoms with Crippen LogP contribution in [-0.2, 0) is 6.54 Å². The summed E-state index contributed by atoms with van der Waals surface area (Å²) in [5, 5.41) is 20.3. The van der Waals surface area contributed by atoms with Gasteiger partial charge < -0.3 is 16.2 Å². The maximum atomic E-state index is 15.1. The number of aliphatic hydroxyl groups excluding tert-OH is 1. The summed E-state index contributed by atoms with van der Waals surface area (Å²) >= 11 is 0. The van der Waals surface area contributed by atoms with Gasteiger partial charge in [-0.25, -0.2) is 18.2 Å². The Labute approximate surface area is 165 Å². The van der Waals surface area contributed by atoms with E-state index in [9.17, 15) is 13.9 Å². The van der Waals surface area contributed by atoms with Gasteiger partial charge in [0.2, 0.25) is 0 Å². The molecule has 0 saturated heterocycles. The van der Waals surface area contributed by atoms with Gasteiger partial charge in [0.15, 0.2) is 11.6 Å². The highest BCUT2D eigenvalue weighted by Gasteiger charge is 2.45. The molecule has 2 aliphatic carbocycles. The van der Waals surface area contributed by atoms with Crippen LogP contribution in [0.15, 0.2) is 12.4 Å². The molecule has 2 fully saturated rings. The Kier molecular flexibility index (Phi) is 4.34. The van der Waals surface area contributed by atoms with Crippen LogP contribution in [0.3, 0.4) is 0 Å². The Bertz CT molecular complexity index is 944. The van der Waals surface area contributed by atoms with E-state index >= 15 is 4.39 Å². The molecule has 0 bridgehead atoms. The van der Waals surface area contributed by atoms with E-state index in [1.807, 2.05) is 10.9 Å². The fourth-order valence-electron chi connectivity index (χ4n) is 4.24. The molecular formula is C19H23F3N6O. The highest BCUT2D eigenvalue weighted by molar-refractivity contribution is 5.68. The summed E-state index contributed by atoms with van der Waals surface area (Å²) in [5.41, 5.74) is 7.44. The lowest BCUT2D eigenvalue weighted by atomic mass is 9.87. The second-order valence-electron chi connectivity index (χ2n) is 8.17. The summed E-state index contributed by atoms with van der Waals surface area (Å²) in [6.45, 7) is 0.121. The molecule has 2 aromatic heterocycles. The molecule has 10 heteroatoms. The Hall–Kier alpha value is -2.17. The van der Waals surface area contributed by atoms with Gasteiger partial charge in [0.25, 0.3) is 5.92 Å². The monoisotopic (exact) mass is 408 g/mol. The summed E-state index contributed by atoms with van der Waals surface area (Å²) in [4.78, 5) is 4.39. The zero-order chi connectivity index (χ0) is 20.3. The standard InChI is InChI=1S/C19H23F3N6O/c20-14-11-7-24-18(29)13(11)15(9-6-25-28(8-9)10-3-4-10)27-17(14)26-12-2-1-5-19(21,22)16(12)23/h6,8,10,12,16,18,24,29H,1-5,7,23H2,(H,26,27)/t12?,16-,18?/m1/s1. The lowest BCUT2D eigenvalue weighted by Gasteiger charge is -2.36. The van der Waals surface area contributed by atoms with Crippen LogP contribution in [0.4, 0.5) is 19.0 Å². The molecule has 156 valence electrons. The van der Waals surface area contributed by atoms with Crippen molar-refractivity contribution in [2.45, 2.75) is 68.9 Å². The maximum Gasteiger partial charge on any atom is 0.264 e. The van der Waals surface area contributed by atoms with E-state index < -0.39 is 30.1 Å². The van der Waals surface area contributed by atoms with Crippen molar-refractivity contribution in [3.63, 3.8) is 0 Å². The van der Waals surface area contributed by atoms with Gasteiger partial charge in [-0.3, -0.25) is 10.00 Å². The van der Waals surface area contributed by atoms with Gasteiger partial charge in [-0.2, -0.15) is 5.10 Å². The van der Waals surface area contributed by atoms with Crippen LogP contribution in [0, 0.1) is 5.82 Å². The van der Waals surface area contributed by atoms with Crippen LogP contribution in [0.25, 0.3) is 11.3 Å². The van der Waals surface area contributed by atoms with Crippen LogP contribution >= 0.6 is 0 Å². The van der Waals surface area contributed by atoms with Crippen molar-refractivity contribution in [1.82, 2.24) is 20.1 Å². The topological polar surface area (TPSA) is 101 Å². The molecule has 29 heavy (non-hydrogen) atoms. The molecular weight excluding hydrogens is 385 g/mol. The Morgan fingerprint density at radius 2 is 2.10 bits per heavy atom. The van der Waals surface area contributed by atoms with Gasteiger partial charge in [0.05, 0.1) is 24.0 Å². The largest absolute Gasteiger partial charge is 0.374 e. The maximum absolute atomic E-state index is 15.1. The van der Waals surface area contributed by atoms with Crippen LogP contribution in [-0.4, -0.2) is 37.9 Å².